The summed E-state index contributed by atoms with van der Waals surface area (Å²) in [6.07, 6.45) is 0.873. The van der Waals surface area contributed by atoms with Crippen LogP contribution in [0.15, 0.2) is 72.8 Å². The van der Waals surface area contributed by atoms with E-state index >= 15 is 0 Å². The molecule has 0 bridgehead atoms. The Labute approximate surface area is 380 Å². The normalized spacial score (nSPS) is 11.7. The molecule has 8 aromatic carbocycles. The Hall–Kier alpha value is -5.08. The van der Waals surface area contributed by atoms with E-state index in [1.165, 1.54) is 148 Å². The first-order chi connectivity index (χ1) is 29.5. The van der Waals surface area contributed by atoms with Gasteiger partial charge in [-0.3, -0.25) is 4.57 Å². The minimum atomic E-state index is 0.873. The molecule has 0 spiro atoms. The van der Waals surface area contributed by atoms with E-state index in [-0.39, 0.29) is 0 Å². The molecule has 9 aromatic rings. The maximum Gasteiger partial charge on any atom is 0.140 e. The number of para-hydroxylation sites is 2. The van der Waals surface area contributed by atoms with Gasteiger partial charge in [-0.05, 0) is 102 Å². The van der Waals surface area contributed by atoms with Gasteiger partial charge >= 0.3 is 0 Å². The maximum absolute atomic E-state index is 4.94. The van der Waals surface area contributed by atoms with Gasteiger partial charge in [-0.15, -0.1) is 27.3 Å². The highest BCUT2D eigenvalue weighted by Gasteiger charge is 2.28. The molecule has 9 rings (SSSR count). The second-order valence-electron chi connectivity index (χ2n) is 18.6. The first kappa shape index (κ1) is 42.2. The molecule has 0 saturated carbocycles. The third-order valence-corrected chi connectivity index (χ3v) is 16.0. The van der Waals surface area contributed by atoms with E-state index in [1.54, 1.807) is 0 Å². The van der Waals surface area contributed by atoms with Crippen molar-refractivity contribution in [3.05, 3.63) is 84.2 Å². The second-order valence-corrected chi connectivity index (χ2v) is 18.6. The molecule has 0 aliphatic heterocycles. The first-order valence-corrected chi connectivity index (χ1v) is 22.6. The molecule has 1 aromatic heterocycles. The number of rotatable bonds is 5. The number of benzene rings is 8. The maximum atomic E-state index is 4.94. The van der Waals surface area contributed by atoms with Crippen molar-refractivity contribution in [2.45, 2.75) is 20.3 Å². The molecule has 0 fully saturated rings. The number of hydrogen-bond acceptors (Lipinski definition) is 1. The van der Waals surface area contributed by atoms with E-state index in [0.29, 0.717) is 0 Å². The highest BCUT2D eigenvalue weighted by molar-refractivity contribution is 6.74. The average Bonchev–Trinajstić information content (AvgIpc) is 3.67. The van der Waals surface area contributed by atoms with Crippen LogP contribution in [-0.2, 0) is 6.42 Å². The van der Waals surface area contributed by atoms with Crippen LogP contribution in [0.3, 0.4) is 0 Å². The lowest BCUT2D eigenvalue weighted by atomic mass is 9.57. The molecule has 0 N–H and O–H groups in total. The zero-order valence-electron chi connectivity index (χ0n) is 40.0. The Morgan fingerprint density at radius 2 is 0.806 bits per heavy atom. The number of imidazole rings is 1. The Morgan fingerprint density at radius 1 is 0.387 bits per heavy atom. The van der Waals surface area contributed by atoms with Gasteiger partial charge in [0.05, 0.1) is 11.0 Å². The Morgan fingerprint density at radius 3 is 1.35 bits per heavy atom. The van der Waals surface area contributed by atoms with Crippen molar-refractivity contribution >= 4 is 230 Å². The Kier molecular flexibility index (Phi) is 10.4. The van der Waals surface area contributed by atoms with Crippen LogP contribution >= 0.6 is 0 Å². The summed E-state index contributed by atoms with van der Waals surface area (Å²) in [6.45, 7) is 4.57. The van der Waals surface area contributed by atoms with E-state index < -0.39 is 0 Å². The number of hydrogen-bond donors (Lipinski definition) is 0. The van der Waals surface area contributed by atoms with Gasteiger partial charge in [0.2, 0.25) is 0 Å². The smallest absolute Gasteiger partial charge is 0.140 e. The summed E-state index contributed by atoms with van der Waals surface area (Å²) in [6, 6.07) is 26.9. The average molecular weight is 780 g/mol. The molecular formula is C46H48B14N2. The van der Waals surface area contributed by atoms with Crippen LogP contribution in [0.2, 0.25) is 0 Å². The van der Waals surface area contributed by atoms with Crippen LogP contribution in [-0.4, -0.2) is 119 Å². The summed E-state index contributed by atoms with van der Waals surface area (Å²) in [5.74, 6) is 1.08. The third-order valence-electron chi connectivity index (χ3n) is 16.0. The minimum Gasteiger partial charge on any atom is -0.296 e. The lowest BCUT2D eigenvalue weighted by Gasteiger charge is -2.31. The van der Waals surface area contributed by atoms with Gasteiger partial charge in [0.15, 0.2) is 0 Å². The number of nitrogens with zero attached hydrogens (tertiary/aromatic N) is 2. The molecular weight excluding hydrogens is 732 g/mol. The quantitative estimate of drug-likeness (QED) is 0.126. The Balaban J connectivity index is 1.34. The molecule has 284 valence electrons. The molecule has 0 atom stereocenters. The predicted molar refractivity (Wildman–Crippen MR) is 319 cm³/mol. The van der Waals surface area contributed by atoms with E-state index in [2.05, 4.69) is 201 Å². The highest BCUT2D eigenvalue weighted by Crippen LogP contribution is 2.42. The van der Waals surface area contributed by atoms with Crippen LogP contribution in [0, 0.1) is 6.92 Å². The van der Waals surface area contributed by atoms with Crippen LogP contribution in [0.5, 0.6) is 0 Å². The number of aromatic nitrogens is 2. The van der Waals surface area contributed by atoms with Crippen molar-refractivity contribution < 1.29 is 0 Å². The van der Waals surface area contributed by atoms with Crippen molar-refractivity contribution in [1.82, 2.24) is 9.55 Å². The van der Waals surface area contributed by atoms with Gasteiger partial charge in [0.1, 0.15) is 116 Å². The summed E-state index contributed by atoms with van der Waals surface area (Å²) < 4.78 is 2.30. The van der Waals surface area contributed by atoms with E-state index in [0.717, 1.165) is 29.0 Å². The molecule has 2 nitrogen and oxygen atoms in total. The van der Waals surface area contributed by atoms with Gasteiger partial charge in [0, 0.05) is 12.1 Å². The largest absolute Gasteiger partial charge is 0.296 e. The minimum absolute atomic E-state index is 0.873. The zero-order valence-corrected chi connectivity index (χ0v) is 40.0. The van der Waals surface area contributed by atoms with E-state index in [9.17, 15) is 0 Å². The second kappa shape index (κ2) is 15.3. The summed E-state index contributed by atoms with van der Waals surface area (Å²) in [4.78, 5) is 4.94. The molecule has 0 unspecified atom stereocenters. The number of aryl methyl sites for hydroxylation is 2. The van der Waals surface area contributed by atoms with Gasteiger partial charge in [-0.1, -0.05) is 105 Å². The molecule has 0 amide bonds. The van der Waals surface area contributed by atoms with Crippen LogP contribution in [0.25, 0.3) is 82.4 Å². The van der Waals surface area contributed by atoms with Crippen molar-refractivity contribution in [3.63, 3.8) is 0 Å². The third kappa shape index (κ3) is 5.94. The summed E-state index contributed by atoms with van der Waals surface area (Å²) in [5, 5.41) is 8.45. The monoisotopic (exact) mass is 783 g/mol. The van der Waals surface area contributed by atoms with Gasteiger partial charge < -0.3 is 0 Å². The summed E-state index contributed by atoms with van der Waals surface area (Å²) in [5.41, 5.74) is 32.1. The van der Waals surface area contributed by atoms with Gasteiger partial charge in [-0.2, -0.15) is 0 Å². The molecule has 1 heterocycles. The van der Waals surface area contributed by atoms with Crippen molar-refractivity contribution in [2.24, 2.45) is 0 Å². The topological polar surface area (TPSA) is 17.8 Å². The highest BCUT2D eigenvalue weighted by atomic mass is 15.1. The predicted octanol–water partition coefficient (Wildman–Crippen LogP) is -12.0. The lowest BCUT2D eigenvalue weighted by Crippen LogP contribution is -2.52. The van der Waals surface area contributed by atoms with Crippen molar-refractivity contribution in [3.8, 4) is 39.1 Å². The SMILES string of the molecule is Bc1c(B)c(B)c2c(B)c(-c3c4c(B)c(B)c(B)c(B)c4c(-c4ccc(-c5ccc(-n6c(CC)nc7ccccc76)cc5)cc4)c4c(B)c(B)c(B)c(C)c34)c(B)c(B)c2c1B. The van der Waals surface area contributed by atoms with Gasteiger partial charge in [0.25, 0.3) is 0 Å². The summed E-state index contributed by atoms with van der Waals surface area (Å²) >= 11 is 0. The molecule has 0 saturated heterocycles. The van der Waals surface area contributed by atoms with Crippen LogP contribution in [0.1, 0.15) is 18.3 Å². The van der Waals surface area contributed by atoms with E-state index in [4.69, 9.17) is 4.98 Å². The van der Waals surface area contributed by atoms with E-state index in [1.807, 2.05) is 0 Å². The summed E-state index contributed by atoms with van der Waals surface area (Å²) in [7, 11) is 33.0. The fourth-order valence-corrected chi connectivity index (χ4v) is 11.3. The lowest BCUT2D eigenvalue weighted by molar-refractivity contribution is 0.908. The zero-order chi connectivity index (χ0) is 44.4. The Bertz CT molecular complexity index is 3350. The molecule has 0 aliphatic rings. The first-order valence-electron chi connectivity index (χ1n) is 22.6. The van der Waals surface area contributed by atoms with Gasteiger partial charge in [-0.25, -0.2) is 4.98 Å². The molecule has 62 heavy (non-hydrogen) atoms. The van der Waals surface area contributed by atoms with Crippen LogP contribution in [0.4, 0.5) is 0 Å². The molecule has 0 radical (unpaired) electrons. The fraction of sp³-hybridized carbons (Fsp3) is 0.0652. The number of fused-ring (bicyclic) bond motifs is 4. The molecule has 16 heteroatoms. The van der Waals surface area contributed by atoms with Crippen LogP contribution < -0.4 is 76.5 Å². The molecule has 0 aliphatic carbocycles. The van der Waals surface area contributed by atoms with Crippen molar-refractivity contribution in [2.75, 3.05) is 0 Å². The fourth-order valence-electron chi connectivity index (χ4n) is 11.3. The van der Waals surface area contributed by atoms with Crippen molar-refractivity contribution in [1.29, 1.82) is 0 Å². The standard InChI is InChI=1S/C46H48B14N2/c1-3-23-61-21-6-4-5-7-22(21)62(23)20-14-12-18(13-15-20)17-8-10-19(11-9-17)25-27-24(16(2)33(47)42(56)35(27)49)26(29-28(25)36(50)43(57)44(58)37(29)51)30-34(48)31-32(39(53)38(30)52)41(55)46(60)45(59)40(31)54/h4-15H,3,47-60H2,1-2H3.